The molecule has 0 bridgehead atoms. The molecule has 1 aromatic heterocycles. The second-order valence-corrected chi connectivity index (χ2v) is 8.68. The van der Waals surface area contributed by atoms with E-state index in [1.54, 1.807) is 11.3 Å². The lowest BCUT2D eigenvalue weighted by atomic mass is 10.0. The first-order chi connectivity index (χ1) is 14.7. The lowest BCUT2D eigenvalue weighted by molar-refractivity contribution is -0.119. The van der Waals surface area contributed by atoms with E-state index in [0.717, 1.165) is 28.2 Å². The van der Waals surface area contributed by atoms with Gasteiger partial charge in [-0.2, -0.15) is 0 Å². The molecule has 3 amide bonds. The molecule has 3 N–H and O–H groups in total. The molecule has 1 saturated carbocycles. The number of imide groups is 1. The second-order valence-electron chi connectivity index (χ2n) is 7.79. The maximum atomic E-state index is 12.6. The van der Waals surface area contributed by atoms with E-state index in [4.69, 9.17) is 4.98 Å². The van der Waals surface area contributed by atoms with Crippen molar-refractivity contribution in [1.29, 1.82) is 0 Å². The number of anilines is 3. The maximum absolute atomic E-state index is 12.6. The smallest absolute Gasteiger partial charge is 0.329 e. The number of nitrogens with zero attached hydrogens (tertiary/aromatic N) is 2. The summed E-state index contributed by atoms with van der Waals surface area (Å²) >= 11 is 1.71. The first kappa shape index (κ1) is 17.5. The highest BCUT2D eigenvalue weighted by atomic mass is 32.1. The largest absolute Gasteiger partial charge is 0.366 e. The molecule has 1 aliphatic carbocycles. The topological polar surface area (TPSA) is 86.4 Å². The molecule has 8 heteroatoms. The number of nitrogens with one attached hydrogen (secondary N) is 3. The highest BCUT2D eigenvalue weighted by Gasteiger charge is 2.40. The van der Waals surface area contributed by atoms with E-state index in [1.807, 2.05) is 42.5 Å². The van der Waals surface area contributed by atoms with Gasteiger partial charge in [0.1, 0.15) is 6.04 Å². The van der Waals surface area contributed by atoms with Gasteiger partial charge >= 0.3 is 6.03 Å². The van der Waals surface area contributed by atoms with Crippen molar-refractivity contribution >= 4 is 40.3 Å². The van der Waals surface area contributed by atoms with Crippen LogP contribution in [0.5, 0.6) is 0 Å². The minimum Gasteiger partial charge on any atom is -0.366 e. The van der Waals surface area contributed by atoms with Crippen LogP contribution in [0.15, 0.2) is 47.8 Å². The van der Waals surface area contributed by atoms with Crippen LogP contribution in [0.3, 0.4) is 0 Å². The van der Waals surface area contributed by atoms with Crippen molar-refractivity contribution < 1.29 is 9.59 Å². The molecule has 1 unspecified atom stereocenters. The number of benzene rings is 2. The highest BCUT2D eigenvalue weighted by molar-refractivity contribution is 7.10. The number of carbonyl (C=O) groups excluding carboxylic acids is 2. The third-order valence-corrected chi connectivity index (χ3v) is 6.77. The normalized spacial score (nSPS) is 20.0. The quantitative estimate of drug-likeness (QED) is 0.552. The van der Waals surface area contributed by atoms with Gasteiger partial charge < -0.3 is 10.6 Å². The van der Waals surface area contributed by atoms with Gasteiger partial charge in [0.2, 0.25) is 0 Å². The minimum absolute atomic E-state index is 0.316. The molecular formula is C22H19N5O2S. The van der Waals surface area contributed by atoms with Gasteiger partial charge in [0.25, 0.3) is 5.91 Å². The van der Waals surface area contributed by atoms with E-state index in [1.165, 1.54) is 22.7 Å². The summed E-state index contributed by atoms with van der Waals surface area (Å²) in [6.45, 7) is 0.647. The molecule has 2 aliphatic heterocycles. The van der Waals surface area contributed by atoms with Crippen molar-refractivity contribution in [3.05, 3.63) is 58.4 Å². The predicted octanol–water partition coefficient (Wildman–Crippen LogP) is 4.28. The molecule has 0 radical (unpaired) electrons. The first-order valence-electron chi connectivity index (χ1n) is 9.99. The lowest BCUT2D eigenvalue weighted by Gasteiger charge is -2.22. The van der Waals surface area contributed by atoms with Crippen LogP contribution in [0.2, 0.25) is 0 Å². The van der Waals surface area contributed by atoms with Crippen molar-refractivity contribution in [2.75, 3.05) is 22.2 Å². The van der Waals surface area contributed by atoms with Gasteiger partial charge in [-0.05, 0) is 36.6 Å². The highest BCUT2D eigenvalue weighted by Crippen LogP contribution is 2.42. The molecule has 3 aromatic rings. The average molecular weight is 417 g/mol. The van der Waals surface area contributed by atoms with E-state index >= 15 is 0 Å². The van der Waals surface area contributed by atoms with E-state index in [9.17, 15) is 9.59 Å². The number of fused-ring (bicyclic) bond motifs is 1. The first-order valence-corrected chi connectivity index (χ1v) is 10.9. The summed E-state index contributed by atoms with van der Waals surface area (Å²) in [5.41, 5.74) is 5.34. The van der Waals surface area contributed by atoms with Gasteiger partial charge in [-0.25, -0.2) is 9.78 Å². The Morgan fingerprint density at radius 1 is 1.00 bits per heavy atom. The summed E-state index contributed by atoms with van der Waals surface area (Å²) in [6, 6.07) is 12.3. The summed E-state index contributed by atoms with van der Waals surface area (Å²) in [4.78, 5) is 31.5. The zero-order valence-corrected chi connectivity index (χ0v) is 16.8. The molecule has 3 heterocycles. The van der Waals surface area contributed by atoms with E-state index in [0.29, 0.717) is 18.3 Å². The lowest BCUT2D eigenvalue weighted by Crippen LogP contribution is -2.29. The number of thiazole rings is 1. The van der Waals surface area contributed by atoms with Crippen molar-refractivity contribution in [3.8, 4) is 11.3 Å². The Morgan fingerprint density at radius 2 is 1.80 bits per heavy atom. The fourth-order valence-electron chi connectivity index (χ4n) is 4.03. The zero-order valence-electron chi connectivity index (χ0n) is 16.0. The number of rotatable bonds is 4. The van der Waals surface area contributed by atoms with Gasteiger partial charge in [0.05, 0.1) is 28.7 Å². The monoisotopic (exact) mass is 417 g/mol. The molecule has 6 rings (SSSR count). The molecule has 1 saturated heterocycles. The Labute approximate surface area is 177 Å². The maximum Gasteiger partial charge on any atom is 0.329 e. The fraction of sp³-hybridized carbons (Fsp3) is 0.227. The van der Waals surface area contributed by atoms with Crippen LogP contribution in [0, 0.1) is 0 Å². The van der Waals surface area contributed by atoms with Crippen LogP contribution in [0.4, 0.5) is 21.9 Å². The molecule has 150 valence electrons. The molecule has 2 aromatic carbocycles. The molecule has 0 spiro atoms. The summed E-state index contributed by atoms with van der Waals surface area (Å²) in [7, 11) is 0. The third kappa shape index (κ3) is 2.83. The van der Waals surface area contributed by atoms with Crippen LogP contribution in [-0.4, -0.2) is 23.6 Å². The Morgan fingerprint density at radius 3 is 2.60 bits per heavy atom. The van der Waals surface area contributed by atoms with Crippen LogP contribution >= 0.6 is 11.3 Å². The minimum atomic E-state index is -0.698. The third-order valence-electron chi connectivity index (χ3n) is 5.77. The number of carbonyl (C=O) groups is 2. The Hall–Kier alpha value is -3.39. The molecular weight excluding hydrogens is 398 g/mol. The van der Waals surface area contributed by atoms with Crippen molar-refractivity contribution in [2.45, 2.75) is 24.8 Å². The summed E-state index contributed by atoms with van der Waals surface area (Å²) in [5, 5.41) is 12.2. The molecule has 30 heavy (non-hydrogen) atoms. The standard InChI is InChI=1S/C22H19N5O2S/c28-20-19(27(22(29)26-20)15-7-8-16-17(9-15)24-11-23-16)13-3-1-12(2-4-13)18-10-30-21(25-18)14-5-6-14/h1-4,7-10,14,19,23-24H,5-6,11H2,(H,26,28,29). The summed E-state index contributed by atoms with van der Waals surface area (Å²) in [5.74, 6) is 0.325. The van der Waals surface area contributed by atoms with Gasteiger partial charge in [0.15, 0.2) is 0 Å². The molecule has 1 atom stereocenters. The van der Waals surface area contributed by atoms with Gasteiger partial charge in [-0.1, -0.05) is 24.3 Å². The predicted molar refractivity (Wildman–Crippen MR) is 117 cm³/mol. The van der Waals surface area contributed by atoms with Crippen LogP contribution in [-0.2, 0) is 4.79 Å². The fourth-order valence-corrected chi connectivity index (χ4v) is 5.03. The molecule has 3 aliphatic rings. The molecule has 7 nitrogen and oxygen atoms in total. The van der Waals surface area contributed by atoms with Crippen LogP contribution < -0.4 is 20.9 Å². The Bertz CT molecular complexity index is 1170. The Balaban J connectivity index is 1.32. The van der Waals surface area contributed by atoms with Crippen molar-refractivity contribution in [2.24, 2.45) is 0 Å². The SMILES string of the molecule is O=C1NC(=O)N(c2ccc3c(c2)NCN3)C1c1ccc(-c2csc(C3CC3)n2)cc1. The van der Waals surface area contributed by atoms with Crippen molar-refractivity contribution in [1.82, 2.24) is 10.3 Å². The number of hydrogen-bond acceptors (Lipinski definition) is 6. The van der Waals surface area contributed by atoms with Crippen LogP contribution in [0.25, 0.3) is 11.3 Å². The van der Waals surface area contributed by atoms with Gasteiger partial charge in [0, 0.05) is 22.5 Å². The van der Waals surface area contributed by atoms with E-state index in [2.05, 4.69) is 21.3 Å². The van der Waals surface area contributed by atoms with E-state index < -0.39 is 12.1 Å². The number of urea groups is 1. The summed E-state index contributed by atoms with van der Waals surface area (Å²) in [6.07, 6.45) is 2.47. The summed E-state index contributed by atoms with van der Waals surface area (Å²) < 4.78 is 0. The van der Waals surface area contributed by atoms with E-state index in [-0.39, 0.29) is 5.91 Å². The van der Waals surface area contributed by atoms with Gasteiger partial charge in [-0.15, -0.1) is 11.3 Å². The van der Waals surface area contributed by atoms with Crippen LogP contribution in [0.1, 0.15) is 35.4 Å². The second kappa shape index (κ2) is 6.56. The van der Waals surface area contributed by atoms with Gasteiger partial charge in [-0.3, -0.25) is 15.0 Å². The number of hydrogen-bond donors (Lipinski definition) is 3. The zero-order chi connectivity index (χ0) is 20.2. The molecule has 2 fully saturated rings. The Kier molecular flexibility index (Phi) is 3.82. The van der Waals surface area contributed by atoms with Crippen molar-refractivity contribution in [3.63, 3.8) is 0 Å². The number of amides is 3. The average Bonchev–Trinajstić information content (AvgIpc) is 3.18. The number of aromatic nitrogens is 1.